The average molecular weight is 289 g/mol. The number of nitrogens with zero attached hydrogens (tertiary/aromatic N) is 6. The fourth-order valence-electron chi connectivity index (χ4n) is 2.35. The van der Waals surface area contributed by atoms with Crippen molar-refractivity contribution in [2.45, 2.75) is 13.0 Å². The molecule has 2 aromatic heterocycles. The number of aromatic nitrogens is 4. The molecule has 21 heavy (non-hydrogen) atoms. The minimum atomic E-state index is -0.248. The number of carbonyl (C=O) groups excluding carboxylic acids is 2. The van der Waals surface area contributed by atoms with E-state index in [-0.39, 0.29) is 18.5 Å². The molecule has 9 heteroatoms. The molecule has 110 valence electrons. The molecule has 0 radical (unpaired) electrons. The Balaban J connectivity index is 1.66. The molecular formula is C12H15N7O2. The summed E-state index contributed by atoms with van der Waals surface area (Å²) >= 11 is 0. The van der Waals surface area contributed by atoms with E-state index in [1.165, 1.54) is 16.1 Å². The number of likely N-dealkylation sites (N-methyl/N-ethyl adjacent to an activating group) is 1. The van der Waals surface area contributed by atoms with Gasteiger partial charge in [-0.1, -0.05) is 0 Å². The summed E-state index contributed by atoms with van der Waals surface area (Å²) < 4.78 is 1.84. The molecule has 1 fully saturated rings. The van der Waals surface area contributed by atoms with E-state index in [0.29, 0.717) is 36.5 Å². The molecule has 0 atom stereocenters. The van der Waals surface area contributed by atoms with Crippen molar-refractivity contribution in [3.63, 3.8) is 0 Å². The number of imide groups is 1. The molecule has 0 spiro atoms. The number of imidazole rings is 1. The van der Waals surface area contributed by atoms with Crippen LogP contribution in [0.1, 0.15) is 6.42 Å². The Bertz CT molecular complexity index is 711. The number of rotatable bonds is 4. The van der Waals surface area contributed by atoms with Crippen molar-refractivity contribution in [1.29, 1.82) is 0 Å². The highest BCUT2D eigenvalue weighted by Gasteiger charge is 2.32. The molecule has 0 aliphatic carbocycles. The Labute approximate surface area is 120 Å². The predicted molar refractivity (Wildman–Crippen MR) is 74.1 cm³/mol. The van der Waals surface area contributed by atoms with Crippen LogP contribution in [0.2, 0.25) is 0 Å². The normalized spacial score (nSPS) is 15.5. The van der Waals surface area contributed by atoms with Crippen molar-refractivity contribution in [2.75, 3.05) is 25.9 Å². The predicted octanol–water partition coefficient (Wildman–Crippen LogP) is -0.307. The standard InChI is InChI=1S/C12H15N7O2/c1-17-5-8(20)19(12(17)21)4-2-3-18-7-16-9-10(13)14-6-15-11(9)18/h6-7H,2-5H2,1H3,(H2,13,14,15). The fraction of sp³-hybridized carbons (Fsp3) is 0.417. The van der Waals surface area contributed by atoms with Crippen molar-refractivity contribution in [1.82, 2.24) is 29.3 Å². The number of amides is 3. The van der Waals surface area contributed by atoms with Crippen molar-refractivity contribution >= 4 is 28.9 Å². The van der Waals surface area contributed by atoms with Crippen LogP contribution in [0.5, 0.6) is 0 Å². The van der Waals surface area contributed by atoms with Gasteiger partial charge < -0.3 is 15.2 Å². The first-order valence-electron chi connectivity index (χ1n) is 6.54. The topological polar surface area (TPSA) is 110 Å². The second-order valence-corrected chi connectivity index (χ2v) is 4.91. The zero-order valence-corrected chi connectivity index (χ0v) is 11.6. The lowest BCUT2D eigenvalue weighted by Gasteiger charge is -2.14. The number of hydrogen-bond donors (Lipinski definition) is 1. The summed E-state index contributed by atoms with van der Waals surface area (Å²) in [5.74, 6) is 0.176. The molecule has 1 saturated heterocycles. The molecule has 1 aliphatic rings. The van der Waals surface area contributed by atoms with Crippen LogP contribution >= 0.6 is 0 Å². The minimum Gasteiger partial charge on any atom is -0.382 e. The van der Waals surface area contributed by atoms with Gasteiger partial charge in [-0.25, -0.2) is 19.7 Å². The van der Waals surface area contributed by atoms with Crippen LogP contribution in [0.25, 0.3) is 11.2 Å². The summed E-state index contributed by atoms with van der Waals surface area (Å²) in [6, 6.07) is -0.248. The molecule has 2 N–H and O–H groups in total. The summed E-state index contributed by atoms with van der Waals surface area (Å²) in [5, 5.41) is 0. The number of hydrogen-bond acceptors (Lipinski definition) is 6. The molecule has 0 saturated carbocycles. The third kappa shape index (κ3) is 2.26. The van der Waals surface area contributed by atoms with Crippen molar-refractivity contribution < 1.29 is 9.59 Å². The smallest absolute Gasteiger partial charge is 0.326 e. The third-order valence-electron chi connectivity index (χ3n) is 3.44. The summed E-state index contributed by atoms with van der Waals surface area (Å²) in [4.78, 5) is 38.3. The average Bonchev–Trinajstić information content (AvgIpc) is 2.96. The monoisotopic (exact) mass is 289 g/mol. The largest absolute Gasteiger partial charge is 0.382 e. The highest BCUT2D eigenvalue weighted by atomic mass is 16.2. The number of nitrogen functional groups attached to an aromatic ring is 1. The van der Waals surface area contributed by atoms with Crippen LogP contribution in [0.4, 0.5) is 10.6 Å². The number of carbonyl (C=O) groups is 2. The van der Waals surface area contributed by atoms with Gasteiger partial charge in [-0.2, -0.15) is 0 Å². The Kier molecular flexibility index (Phi) is 3.16. The molecule has 2 aromatic rings. The van der Waals surface area contributed by atoms with Crippen molar-refractivity contribution in [2.24, 2.45) is 0 Å². The van der Waals surface area contributed by atoms with E-state index < -0.39 is 0 Å². The van der Waals surface area contributed by atoms with Gasteiger partial charge in [-0.15, -0.1) is 0 Å². The van der Waals surface area contributed by atoms with Crippen molar-refractivity contribution in [3.8, 4) is 0 Å². The highest BCUT2D eigenvalue weighted by molar-refractivity contribution is 6.01. The van der Waals surface area contributed by atoms with Gasteiger partial charge >= 0.3 is 6.03 Å². The molecule has 1 aliphatic heterocycles. The number of aryl methyl sites for hydroxylation is 1. The summed E-state index contributed by atoms with van der Waals surface area (Å²) in [7, 11) is 1.61. The number of urea groups is 1. The van der Waals surface area contributed by atoms with Gasteiger partial charge in [0, 0.05) is 20.1 Å². The van der Waals surface area contributed by atoms with E-state index >= 15 is 0 Å². The lowest BCUT2D eigenvalue weighted by atomic mass is 10.3. The Morgan fingerprint density at radius 2 is 2.05 bits per heavy atom. The first-order valence-corrected chi connectivity index (χ1v) is 6.54. The Hall–Kier alpha value is -2.71. The van der Waals surface area contributed by atoms with Crippen LogP contribution in [-0.2, 0) is 11.3 Å². The molecule has 3 heterocycles. The fourth-order valence-corrected chi connectivity index (χ4v) is 2.35. The van der Waals surface area contributed by atoms with Crippen LogP contribution in [-0.4, -0.2) is 61.4 Å². The van der Waals surface area contributed by atoms with Gasteiger partial charge in [-0.05, 0) is 6.42 Å². The molecular weight excluding hydrogens is 274 g/mol. The van der Waals surface area contributed by atoms with Crippen molar-refractivity contribution in [3.05, 3.63) is 12.7 Å². The number of anilines is 1. The lowest BCUT2D eigenvalue weighted by Crippen LogP contribution is -2.32. The van der Waals surface area contributed by atoms with Crippen LogP contribution < -0.4 is 5.73 Å². The quantitative estimate of drug-likeness (QED) is 0.773. The van der Waals surface area contributed by atoms with E-state index in [2.05, 4.69) is 15.0 Å². The van der Waals surface area contributed by atoms with E-state index in [4.69, 9.17) is 5.73 Å². The SMILES string of the molecule is CN1CC(=O)N(CCCn2cnc3c(N)ncnc32)C1=O. The molecule has 0 unspecified atom stereocenters. The van der Waals surface area contributed by atoms with E-state index in [1.54, 1.807) is 13.4 Å². The third-order valence-corrected chi connectivity index (χ3v) is 3.44. The first kappa shape index (κ1) is 13.3. The molecule has 9 nitrogen and oxygen atoms in total. The van der Waals surface area contributed by atoms with Gasteiger partial charge in [0.1, 0.15) is 18.4 Å². The second-order valence-electron chi connectivity index (χ2n) is 4.91. The zero-order chi connectivity index (χ0) is 15.0. The van der Waals surface area contributed by atoms with E-state index in [9.17, 15) is 9.59 Å². The van der Waals surface area contributed by atoms with Gasteiger partial charge in [0.15, 0.2) is 11.5 Å². The maximum absolute atomic E-state index is 11.7. The first-order chi connectivity index (χ1) is 10.1. The highest BCUT2D eigenvalue weighted by Crippen LogP contribution is 2.15. The molecule has 0 bridgehead atoms. The Morgan fingerprint density at radius 1 is 1.24 bits per heavy atom. The maximum atomic E-state index is 11.7. The van der Waals surface area contributed by atoms with E-state index in [0.717, 1.165) is 0 Å². The number of nitrogens with two attached hydrogens (primary N) is 1. The van der Waals surface area contributed by atoms with Crippen LogP contribution in [0, 0.1) is 0 Å². The summed E-state index contributed by atoms with van der Waals surface area (Å²) in [5.41, 5.74) is 6.93. The van der Waals surface area contributed by atoms with E-state index in [1.807, 2.05) is 4.57 Å². The molecule has 0 aromatic carbocycles. The van der Waals surface area contributed by atoms with Crippen LogP contribution in [0.15, 0.2) is 12.7 Å². The maximum Gasteiger partial charge on any atom is 0.326 e. The number of fused-ring (bicyclic) bond motifs is 1. The summed E-state index contributed by atoms with van der Waals surface area (Å²) in [6.07, 6.45) is 3.65. The van der Waals surface area contributed by atoms with Gasteiger partial charge in [0.05, 0.1) is 6.33 Å². The van der Waals surface area contributed by atoms with Gasteiger partial charge in [0.2, 0.25) is 5.91 Å². The van der Waals surface area contributed by atoms with Gasteiger partial charge in [-0.3, -0.25) is 9.69 Å². The Morgan fingerprint density at radius 3 is 2.76 bits per heavy atom. The minimum absolute atomic E-state index is 0.149. The molecule has 3 rings (SSSR count). The van der Waals surface area contributed by atoms with Gasteiger partial charge in [0.25, 0.3) is 0 Å². The zero-order valence-electron chi connectivity index (χ0n) is 11.6. The molecule has 3 amide bonds. The lowest BCUT2D eigenvalue weighted by molar-refractivity contribution is -0.125. The second kappa shape index (κ2) is 5.00. The summed E-state index contributed by atoms with van der Waals surface area (Å²) in [6.45, 7) is 1.12. The van der Waals surface area contributed by atoms with Crippen LogP contribution in [0.3, 0.4) is 0 Å².